The number of hydrogen-bond donors (Lipinski definition) is 1. The van der Waals surface area contributed by atoms with Crippen molar-refractivity contribution in [3.8, 4) is 5.75 Å². The Kier molecular flexibility index (Phi) is 3.86. The first-order chi connectivity index (χ1) is 12.5. The molecule has 4 aromatic rings. The Morgan fingerprint density at radius 3 is 2.54 bits per heavy atom. The van der Waals surface area contributed by atoms with Crippen LogP contribution in [0.3, 0.4) is 0 Å². The van der Waals surface area contributed by atoms with E-state index in [0.29, 0.717) is 6.54 Å². The zero-order chi connectivity index (χ0) is 18.3. The molecule has 2 aromatic heterocycles. The number of ether oxygens (including phenoxy) is 1. The zero-order valence-corrected chi connectivity index (χ0v) is 14.8. The summed E-state index contributed by atoms with van der Waals surface area (Å²) in [5.41, 5.74) is 3.52. The van der Waals surface area contributed by atoms with E-state index in [0.717, 1.165) is 33.2 Å². The molecule has 0 saturated heterocycles. The van der Waals surface area contributed by atoms with Gasteiger partial charge < -0.3 is 9.30 Å². The molecule has 0 aliphatic rings. The van der Waals surface area contributed by atoms with Crippen LogP contribution in [-0.4, -0.2) is 30.1 Å². The topological polar surface area (TPSA) is 100 Å². The Labute approximate surface area is 150 Å². The largest absolute Gasteiger partial charge is 0.497 e. The number of rotatable bonds is 4. The molecule has 0 radical (unpaired) electrons. The lowest BCUT2D eigenvalue weighted by Gasteiger charge is -2.08. The van der Waals surface area contributed by atoms with Gasteiger partial charge in [-0.05, 0) is 29.8 Å². The van der Waals surface area contributed by atoms with Crippen LogP contribution in [0.2, 0.25) is 0 Å². The van der Waals surface area contributed by atoms with Crippen molar-refractivity contribution >= 4 is 32.0 Å². The molecule has 0 atom stereocenters. The number of pyridine rings is 1. The van der Waals surface area contributed by atoms with E-state index in [1.165, 1.54) is 12.1 Å². The van der Waals surface area contributed by atoms with Crippen molar-refractivity contribution in [3.63, 3.8) is 0 Å². The van der Waals surface area contributed by atoms with Gasteiger partial charge in [0.1, 0.15) is 11.3 Å². The van der Waals surface area contributed by atoms with Crippen LogP contribution in [-0.2, 0) is 16.6 Å². The van der Waals surface area contributed by atoms with E-state index >= 15 is 0 Å². The van der Waals surface area contributed by atoms with Crippen LogP contribution < -0.4 is 9.88 Å². The van der Waals surface area contributed by atoms with E-state index in [2.05, 4.69) is 9.97 Å². The Bertz CT molecular complexity index is 1210. The van der Waals surface area contributed by atoms with Crippen molar-refractivity contribution in [3.05, 3.63) is 60.6 Å². The molecule has 0 amide bonds. The number of primary sulfonamides is 1. The summed E-state index contributed by atoms with van der Waals surface area (Å²) in [7, 11) is -2.07. The lowest BCUT2D eigenvalue weighted by atomic mass is 10.1. The lowest BCUT2D eigenvalue weighted by molar-refractivity contribution is 0.415. The normalized spacial score (nSPS) is 11.9. The first kappa shape index (κ1) is 16.5. The van der Waals surface area contributed by atoms with Gasteiger partial charge in [-0.2, -0.15) is 0 Å². The predicted molar refractivity (Wildman–Crippen MR) is 98.5 cm³/mol. The standard InChI is InChI=1S/C18H16N4O3S/c1-25-13-4-7-15-16(8-13)20-9-17-18(15)22(11-21-17)10-12-2-5-14(6-3-12)26(19,23)24/h2-9,11H,10H2,1H3,(H2,19,23,24). The number of imidazole rings is 1. The number of fused-ring (bicyclic) bond motifs is 3. The molecule has 0 aliphatic carbocycles. The maximum absolute atomic E-state index is 11.4. The Morgan fingerprint density at radius 1 is 1.08 bits per heavy atom. The van der Waals surface area contributed by atoms with E-state index in [1.807, 2.05) is 22.8 Å². The number of methoxy groups -OCH3 is 1. The highest BCUT2D eigenvalue weighted by Gasteiger charge is 2.11. The molecule has 8 heteroatoms. The number of benzene rings is 2. The maximum atomic E-state index is 11.4. The van der Waals surface area contributed by atoms with Gasteiger partial charge in [0.25, 0.3) is 0 Å². The summed E-state index contributed by atoms with van der Waals surface area (Å²) < 4.78 is 30.0. The number of hydrogen-bond acceptors (Lipinski definition) is 5. The quantitative estimate of drug-likeness (QED) is 0.596. The highest BCUT2D eigenvalue weighted by atomic mass is 32.2. The molecule has 0 aliphatic heterocycles. The summed E-state index contributed by atoms with van der Waals surface area (Å²) >= 11 is 0. The van der Waals surface area contributed by atoms with Gasteiger partial charge in [-0.3, -0.25) is 4.98 Å². The Morgan fingerprint density at radius 2 is 1.85 bits per heavy atom. The van der Waals surface area contributed by atoms with Crippen LogP contribution in [0.25, 0.3) is 21.9 Å². The Hall–Kier alpha value is -2.97. The van der Waals surface area contributed by atoms with E-state index in [4.69, 9.17) is 9.88 Å². The molecule has 2 N–H and O–H groups in total. The molecule has 26 heavy (non-hydrogen) atoms. The fourth-order valence-corrected chi connectivity index (χ4v) is 3.48. The van der Waals surface area contributed by atoms with Crippen molar-refractivity contribution in [2.75, 3.05) is 7.11 Å². The van der Waals surface area contributed by atoms with Crippen molar-refractivity contribution < 1.29 is 13.2 Å². The molecular weight excluding hydrogens is 352 g/mol. The average Bonchev–Trinajstić information content (AvgIpc) is 3.04. The molecule has 7 nitrogen and oxygen atoms in total. The first-order valence-corrected chi connectivity index (χ1v) is 9.40. The first-order valence-electron chi connectivity index (χ1n) is 7.85. The summed E-state index contributed by atoms with van der Waals surface area (Å²) in [5, 5.41) is 6.12. The monoisotopic (exact) mass is 368 g/mol. The molecule has 132 valence electrons. The van der Waals surface area contributed by atoms with E-state index in [1.54, 1.807) is 31.8 Å². The minimum absolute atomic E-state index is 0.0958. The van der Waals surface area contributed by atoms with E-state index < -0.39 is 10.0 Å². The van der Waals surface area contributed by atoms with Gasteiger partial charge in [0.15, 0.2) is 0 Å². The summed E-state index contributed by atoms with van der Waals surface area (Å²) in [5.74, 6) is 0.744. The number of aromatic nitrogens is 3. The van der Waals surface area contributed by atoms with Gasteiger partial charge >= 0.3 is 0 Å². The van der Waals surface area contributed by atoms with Gasteiger partial charge in [0.05, 0.1) is 35.6 Å². The highest BCUT2D eigenvalue weighted by Crippen LogP contribution is 2.26. The summed E-state index contributed by atoms with van der Waals surface area (Å²) in [4.78, 5) is 8.95. The third kappa shape index (κ3) is 2.89. The fourth-order valence-electron chi connectivity index (χ4n) is 2.96. The van der Waals surface area contributed by atoms with Crippen LogP contribution in [0.4, 0.5) is 0 Å². The van der Waals surface area contributed by atoms with Crippen molar-refractivity contribution in [1.29, 1.82) is 0 Å². The molecule has 0 fully saturated rings. The summed E-state index contributed by atoms with van der Waals surface area (Å²) in [6, 6.07) is 12.2. The zero-order valence-electron chi connectivity index (χ0n) is 14.0. The number of sulfonamides is 1. The van der Waals surface area contributed by atoms with Crippen LogP contribution in [0.15, 0.2) is 59.9 Å². The molecule has 2 heterocycles. The second-order valence-electron chi connectivity index (χ2n) is 5.94. The van der Waals surface area contributed by atoms with Gasteiger partial charge in [-0.15, -0.1) is 0 Å². The third-order valence-electron chi connectivity index (χ3n) is 4.26. The maximum Gasteiger partial charge on any atom is 0.238 e. The van der Waals surface area contributed by atoms with Crippen LogP contribution in [0.5, 0.6) is 5.75 Å². The molecule has 0 unspecified atom stereocenters. The van der Waals surface area contributed by atoms with Crippen LogP contribution in [0, 0.1) is 0 Å². The molecule has 0 spiro atoms. The predicted octanol–water partition coefficient (Wildman–Crippen LogP) is 2.29. The minimum Gasteiger partial charge on any atom is -0.497 e. The van der Waals surface area contributed by atoms with Crippen molar-refractivity contribution in [1.82, 2.24) is 14.5 Å². The fraction of sp³-hybridized carbons (Fsp3) is 0.111. The second-order valence-corrected chi connectivity index (χ2v) is 7.50. The smallest absolute Gasteiger partial charge is 0.238 e. The third-order valence-corrected chi connectivity index (χ3v) is 5.19. The van der Waals surface area contributed by atoms with Crippen molar-refractivity contribution in [2.45, 2.75) is 11.4 Å². The van der Waals surface area contributed by atoms with Gasteiger partial charge in [-0.1, -0.05) is 12.1 Å². The van der Waals surface area contributed by atoms with Gasteiger partial charge in [0.2, 0.25) is 10.0 Å². The average molecular weight is 368 g/mol. The van der Waals surface area contributed by atoms with Crippen LogP contribution >= 0.6 is 0 Å². The van der Waals surface area contributed by atoms with Crippen LogP contribution in [0.1, 0.15) is 5.56 Å². The van der Waals surface area contributed by atoms with E-state index in [-0.39, 0.29) is 4.90 Å². The highest BCUT2D eigenvalue weighted by molar-refractivity contribution is 7.89. The van der Waals surface area contributed by atoms with E-state index in [9.17, 15) is 8.42 Å². The second kappa shape index (κ2) is 6.08. The van der Waals surface area contributed by atoms with Gasteiger partial charge in [0, 0.05) is 18.0 Å². The number of nitrogens with zero attached hydrogens (tertiary/aromatic N) is 3. The summed E-state index contributed by atoms with van der Waals surface area (Å²) in [6.45, 7) is 0.548. The molecular formula is C18H16N4O3S. The molecule has 0 saturated carbocycles. The molecule has 2 aromatic carbocycles. The lowest BCUT2D eigenvalue weighted by Crippen LogP contribution is -2.12. The SMILES string of the molecule is COc1ccc2c(c1)ncc1ncn(Cc3ccc(S(N)(=O)=O)cc3)c12. The van der Waals surface area contributed by atoms with Crippen molar-refractivity contribution in [2.24, 2.45) is 5.14 Å². The minimum atomic E-state index is -3.69. The number of nitrogens with two attached hydrogens (primary N) is 1. The molecule has 0 bridgehead atoms. The Balaban J connectivity index is 1.78. The molecule has 4 rings (SSSR count). The van der Waals surface area contributed by atoms with Gasteiger partial charge in [-0.25, -0.2) is 18.5 Å². The summed E-state index contributed by atoms with van der Waals surface area (Å²) in [6.07, 6.45) is 3.49.